The Labute approximate surface area is 146 Å². The van der Waals surface area contributed by atoms with Crippen LogP contribution in [0.5, 0.6) is 5.75 Å². The normalized spacial score (nSPS) is 11.2. The molecule has 0 bridgehead atoms. The third-order valence-electron chi connectivity index (χ3n) is 3.71. The highest BCUT2D eigenvalue weighted by Crippen LogP contribution is 2.25. The van der Waals surface area contributed by atoms with Gasteiger partial charge in [-0.15, -0.1) is 0 Å². The van der Waals surface area contributed by atoms with E-state index in [1.165, 1.54) is 12.3 Å². The number of carbonyl (C=O) groups excluding carboxylic acids is 1. The summed E-state index contributed by atoms with van der Waals surface area (Å²) in [4.78, 5) is 15.8. The van der Waals surface area contributed by atoms with Crippen molar-refractivity contribution in [1.82, 2.24) is 0 Å². The second-order valence-electron chi connectivity index (χ2n) is 5.46. The Hall–Kier alpha value is -3.35. The minimum atomic E-state index is -1.66. The number of phenolic OH excluding ortho intramolecular Hbond substituents is 1. The number of aromatic hydroxyl groups is 1. The standard InChI is InChI=1S/C19H13F3N2O2/c20-14-6-7-15(19(22)18(14)21)24-17(26)10-23-9-13-12-4-2-1-3-11(12)5-8-16(13)25/h1-9,25H,10H2,(H,24,26). The zero-order valence-corrected chi connectivity index (χ0v) is 13.3. The van der Waals surface area contributed by atoms with Crippen LogP contribution in [-0.4, -0.2) is 23.8 Å². The lowest BCUT2D eigenvalue weighted by atomic mass is 10.0. The van der Waals surface area contributed by atoms with Crippen molar-refractivity contribution >= 4 is 28.6 Å². The number of fused-ring (bicyclic) bond motifs is 1. The summed E-state index contributed by atoms with van der Waals surface area (Å²) in [6, 6.07) is 12.2. The number of anilines is 1. The Morgan fingerprint density at radius 2 is 1.81 bits per heavy atom. The molecule has 7 heteroatoms. The van der Waals surface area contributed by atoms with Crippen molar-refractivity contribution < 1.29 is 23.1 Å². The van der Waals surface area contributed by atoms with E-state index in [1.54, 1.807) is 18.2 Å². The van der Waals surface area contributed by atoms with Crippen molar-refractivity contribution in [2.75, 3.05) is 11.9 Å². The summed E-state index contributed by atoms with van der Waals surface area (Å²) < 4.78 is 39.6. The summed E-state index contributed by atoms with van der Waals surface area (Å²) in [5, 5.41) is 13.7. The van der Waals surface area contributed by atoms with Crippen LogP contribution in [0.25, 0.3) is 10.8 Å². The van der Waals surface area contributed by atoms with Crippen molar-refractivity contribution in [3.8, 4) is 5.75 Å². The predicted octanol–water partition coefficient (Wildman–Crippen LogP) is 4.02. The molecular formula is C19H13F3N2O2. The number of hydrogen-bond acceptors (Lipinski definition) is 3. The zero-order valence-electron chi connectivity index (χ0n) is 13.3. The summed E-state index contributed by atoms with van der Waals surface area (Å²) in [6.45, 7) is -0.388. The molecule has 0 unspecified atom stereocenters. The Balaban J connectivity index is 1.74. The van der Waals surface area contributed by atoms with Gasteiger partial charge in [-0.25, -0.2) is 13.2 Å². The van der Waals surface area contributed by atoms with Crippen LogP contribution in [-0.2, 0) is 4.79 Å². The molecule has 4 nitrogen and oxygen atoms in total. The fourth-order valence-corrected chi connectivity index (χ4v) is 2.45. The van der Waals surface area contributed by atoms with Gasteiger partial charge in [0, 0.05) is 11.8 Å². The van der Waals surface area contributed by atoms with E-state index in [9.17, 15) is 23.1 Å². The van der Waals surface area contributed by atoms with Crippen molar-refractivity contribution in [2.45, 2.75) is 0 Å². The average Bonchev–Trinajstić information content (AvgIpc) is 2.64. The molecule has 3 aromatic rings. The summed E-state index contributed by atoms with van der Waals surface area (Å²) in [6.07, 6.45) is 1.33. The van der Waals surface area contributed by atoms with Gasteiger partial charge >= 0.3 is 0 Å². The number of halogens is 3. The first-order valence-corrected chi connectivity index (χ1v) is 7.61. The van der Waals surface area contributed by atoms with Gasteiger partial charge in [0.25, 0.3) is 0 Å². The molecule has 0 fully saturated rings. The van der Waals surface area contributed by atoms with E-state index in [2.05, 4.69) is 10.3 Å². The van der Waals surface area contributed by atoms with Crippen LogP contribution in [0.1, 0.15) is 5.56 Å². The third-order valence-corrected chi connectivity index (χ3v) is 3.71. The van der Waals surface area contributed by atoms with Crippen LogP contribution in [0.15, 0.2) is 53.5 Å². The summed E-state index contributed by atoms with van der Waals surface area (Å²) in [5.74, 6) is -5.20. The first-order valence-electron chi connectivity index (χ1n) is 7.61. The van der Waals surface area contributed by atoms with Crippen molar-refractivity contribution in [1.29, 1.82) is 0 Å². The number of benzene rings is 3. The van der Waals surface area contributed by atoms with Crippen molar-refractivity contribution in [2.24, 2.45) is 4.99 Å². The molecule has 0 aliphatic heterocycles. The maximum absolute atomic E-state index is 13.5. The van der Waals surface area contributed by atoms with Crippen LogP contribution in [0.2, 0.25) is 0 Å². The second kappa shape index (κ2) is 7.26. The van der Waals surface area contributed by atoms with Crippen LogP contribution < -0.4 is 5.32 Å². The highest BCUT2D eigenvalue weighted by Gasteiger charge is 2.15. The number of carbonyl (C=O) groups is 1. The number of phenols is 1. The molecule has 0 spiro atoms. The van der Waals surface area contributed by atoms with Gasteiger partial charge < -0.3 is 10.4 Å². The Morgan fingerprint density at radius 3 is 2.62 bits per heavy atom. The maximum atomic E-state index is 13.5. The summed E-state index contributed by atoms with van der Waals surface area (Å²) >= 11 is 0. The molecule has 2 N–H and O–H groups in total. The molecule has 0 heterocycles. The third kappa shape index (κ3) is 3.51. The monoisotopic (exact) mass is 358 g/mol. The molecular weight excluding hydrogens is 345 g/mol. The lowest BCUT2D eigenvalue weighted by Crippen LogP contribution is -2.16. The SMILES string of the molecule is O=C(CN=Cc1c(O)ccc2ccccc12)Nc1ccc(F)c(F)c1F. The largest absolute Gasteiger partial charge is 0.507 e. The molecule has 0 atom stereocenters. The lowest BCUT2D eigenvalue weighted by molar-refractivity contribution is -0.114. The van der Waals surface area contributed by atoms with Crippen molar-refractivity contribution in [3.05, 3.63) is 71.5 Å². The molecule has 0 aliphatic rings. The number of nitrogens with zero attached hydrogens (tertiary/aromatic N) is 1. The number of hydrogen-bond donors (Lipinski definition) is 2. The van der Waals surface area contributed by atoms with Gasteiger partial charge in [-0.05, 0) is 29.0 Å². The molecule has 1 amide bonds. The van der Waals surface area contributed by atoms with Crippen LogP contribution in [0.3, 0.4) is 0 Å². The van der Waals surface area contributed by atoms with E-state index >= 15 is 0 Å². The second-order valence-corrected chi connectivity index (χ2v) is 5.46. The first kappa shape index (κ1) is 17.5. The smallest absolute Gasteiger partial charge is 0.246 e. The van der Waals surface area contributed by atoms with Crippen LogP contribution in [0, 0.1) is 17.5 Å². The van der Waals surface area contributed by atoms with Crippen molar-refractivity contribution in [3.63, 3.8) is 0 Å². The van der Waals surface area contributed by atoms with E-state index in [1.807, 2.05) is 12.1 Å². The Kier molecular flexibility index (Phi) is 4.88. The quantitative estimate of drug-likeness (QED) is 0.547. The van der Waals surface area contributed by atoms with Gasteiger partial charge in [0.2, 0.25) is 5.91 Å². The molecule has 0 aliphatic carbocycles. The minimum Gasteiger partial charge on any atom is -0.507 e. The predicted molar refractivity (Wildman–Crippen MR) is 93.0 cm³/mol. The maximum Gasteiger partial charge on any atom is 0.246 e. The Bertz CT molecular complexity index is 1020. The van der Waals surface area contributed by atoms with Gasteiger partial charge in [-0.1, -0.05) is 30.3 Å². The summed E-state index contributed by atoms with van der Waals surface area (Å²) in [7, 11) is 0. The Morgan fingerprint density at radius 1 is 1.04 bits per heavy atom. The number of amides is 1. The van der Waals surface area contributed by atoms with E-state index < -0.39 is 29.0 Å². The molecule has 3 rings (SSSR count). The highest BCUT2D eigenvalue weighted by atomic mass is 19.2. The summed E-state index contributed by atoms with van der Waals surface area (Å²) in [5.41, 5.74) is -0.0352. The zero-order chi connectivity index (χ0) is 18.7. The van der Waals surface area contributed by atoms with Gasteiger partial charge in [-0.2, -0.15) is 0 Å². The minimum absolute atomic E-state index is 0.000455. The van der Waals surface area contributed by atoms with Gasteiger partial charge in [0.15, 0.2) is 17.5 Å². The molecule has 0 aromatic heterocycles. The fraction of sp³-hybridized carbons (Fsp3) is 0.0526. The number of nitrogens with one attached hydrogen (secondary N) is 1. The van der Waals surface area contributed by atoms with E-state index in [-0.39, 0.29) is 12.3 Å². The lowest BCUT2D eigenvalue weighted by Gasteiger charge is -2.06. The van der Waals surface area contributed by atoms with Crippen LogP contribution in [0.4, 0.5) is 18.9 Å². The molecule has 0 radical (unpaired) electrons. The molecule has 26 heavy (non-hydrogen) atoms. The number of rotatable bonds is 4. The molecule has 3 aromatic carbocycles. The molecule has 0 saturated heterocycles. The highest BCUT2D eigenvalue weighted by molar-refractivity contribution is 6.03. The van der Waals surface area contributed by atoms with Gasteiger partial charge in [0.05, 0.1) is 5.69 Å². The fourth-order valence-electron chi connectivity index (χ4n) is 2.45. The topological polar surface area (TPSA) is 61.7 Å². The van der Waals surface area contributed by atoms with E-state index in [0.717, 1.165) is 16.8 Å². The van der Waals surface area contributed by atoms with E-state index in [4.69, 9.17) is 0 Å². The van der Waals surface area contributed by atoms with Crippen LogP contribution >= 0.6 is 0 Å². The van der Waals surface area contributed by atoms with Gasteiger partial charge in [0.1, 0.15) is 12.3 Å². The van der Waals surface area contributed by atoms with E-state index in [0.29, 0.717) is 11.6 Å². The first-order chi connectivity index (χ1) is 12.5. The average molecular weight is 358 g/mol. The molecule has 0 saturated carbocycles. The number of aliphatic imine (C=N–C) groups is 1. The van der Waals surface area contributed by atoms with Gasteiger partial charge in [-0.3, -0.25) is 9.79 Å². The molecule has 132 valence electrons.